The molecule has 0 bridgehead atoms. The summed E-state index contributed by atoms with van der Waals surface area (Å²) in [6.07, 6.45) is -0.190. The molecule has 2 rings (SSSR count). The molecule has 0 aliphatic heterocycles. The van der Waals surface area contributed by atoms with Crippen molar-refractivity contribution < 1.29 is 0 Å². The highest BCUT2D eigenvalue weighted by atomic mass is 15.2. The maximum Gasteiger partial charge on any atom is 0.0847 e. The Bertz CT molecular complexity index is 570. The minimum absolute atomic E-state index is 0.0178. The van der Waals surface area contributed by atoms with Crippen LogP contribution in [-0.2, 0) is 5.41 Å². The molecular formula is C19H27N3. The van der Waals surface area contributed by atoms with Crippen LogP contribution in [0.15, 0.2) is 54.6 Å². The van der Waals surface area contributed by atoms with Crippen molar-refractivity contribution in [2.75, 3.05) is 7.05 Å². The molecule has 118 valence electrons. The van der Waals surface area contributed by atoms with E-state index < -0.39 is 0 Å². The summed E-state index contributed by atoms with van der Waals surface area (Å²) in [5, 5.41) is 6.71. The number of rotatable bonds is 5. The molecule has 3 nitrogen and oxygen atoms in total. The summed E-state index contributed by atoms with van der Waals surface area (Å²) in [6.45, 7) is 6.67. The second-order valence-corrected chi connectivity index (χ2v) is 6.65. The first-order valence-corrected chi connectivity index (χ1v) is 7.76. The molecular weight excluding hydrogens is 270 g/mol. The van der Waals surface area contributed by atoms with E-state index in [9.17, 15) is 0 Å². The van der Waals surface area contributed by atoms with Crippen LogP contribution in [0.3, 0.4) is 0 Å². The number of nitrogens with two attached hydrogens (primary N) is 1. The van der Waals surface area contributed by atoms with E-state index in [-0.39, 0.29) is 17.7 Å². The predicted molar refractivity (Wildman–Crippen MR) is 93.4 cm³/mol. The van der Waals surface area contributed by atoms with Crippen molar-refractivity contribution in [3.05, 3.63) is 71.3 Å². The lowest BCUT2D eigenvalue weighted by atomic mass is 9.86. The summed E-state index contributed by atoms with van der Waals surface area (Å²) in [6, 6.07) is 18.8. The molecule has 4 N–H and O–H groups in total. The summed E-state index contributed by atoms with van der Waals surface area (Å²) in [5.74, 6) is 0. The Labute approximate surface area is 133 Å². The molecule has 0 amide bonds. The SMILES string of the molecule is CNC(NC(N)c1ccccc1)c1ccc(C(C)(C)C)cc1. The zero-order valence-corrected chi connectivity index (χ0v) is 13.9. The van der Waals surface area contributed by atoms with Crippen molar-refractivity contribution in [3.8, 4) is 0 Å². The Morgan fingerprint density at radius 3 is 1.95 bits per heavy atom. The van der Waals surface area contributed by atoms with Gasteiger partial charge in [0.15, 0.2) is 0 Å². The molecule has 0 aromatic heterocycles. The van der Waals surface area contributed by atoms with E-state index in [0.29, 0.717) is 0 Å². The second-order valence-electron chi connectivity index (χ2n) is 6.65. The monoisotopic (exact) mass is 297 g/mol. The van der Waals surface area contributed by atoms with Gasteiger partial charge in [-0.25, -0.2) is 0 Å². The molecule has 0 saturated carbocycles. The standard InChI is InChI=1S/C19H27N3/c1-19(2,3)16-12-10-15(11-13-16)18(21-4)22-17(20)14-8-6-5-7-9-14/h5-13,17-18,21-22H,20H2,1-4H3. The third-order valence-corrected chi connectivity index (χ3v) is 3.90. The van der Waals surface area contributed by atoms with Crippen LogP contribution in [0.1, 0.15) is 49.8 Å². The number of nitrogens with one attached hydrogen (secondary N) is 2. The molecule has 0 saturated heterocycles. The van der Waals surface area contributed by atoms with Crippen LogP contribution in [0.2, 0.25) is 0 Å². The first kappa shape index (κ1) is 16.7. The van der Waals surface area contributed by atoms with Crippen molar-refractivity contribution in [2.24, 2.45) is 5.73 Å². The Morgan fingerprint density at radius 2 is 1.45 bits per heavy atom. The van der Waals surface area contributed by atoms with Gasteiger partial charge in [-0.15, -0.1) is 0 Å². The van der Waals surface area contributed by atoms with E-state index in [1.54, 1.807) is 0 Å². The fourth-order valence-electron chi connectivity index (χ4n) is 2.46. The smallest absolute Gasteiger partial charge is 0.0847 e. The van der Waals surface area contributed by atoms with Gasteiger partial charge < -0.3 is 11.1 Å². The zero-order valence-electron chi connectivity index (χ0n) is 13.9. The van der Waals surface area contributed by atoms with Crippen LogP contribution in [0, 0.1) is 0 Å². The van der Waals surface area contributed by atoms with Crippen LogP contribution >= 0.6 is 0 Å². The molecule has 3 heteroatoms. The van der Waals surface area contributed by atoms with E-state index >= 15 is 0 Å². The van der Waals surface area contributed by atoms with Gasteiger partial charge in [-0.3, -0.25) is 5.32 Å². The molecule has 0 aliphatic carbocycles. The lowest BCUT2D eigenvalue weighted by molar-refractivity contribution is 0.411. The highest BCUT2D eigenvalue weighted by Crippen LogP contribution is 2.24. The first-order chi connectivity index (χ1) is 10.4. The molecule has 22 heavy (non-hydrogen) atoms. The first-order valence-electron chi connectivity index (χ1n) is 7.76. The maximum absolute atomic E-state index is 6.26. The molecule has 2 unspecified atom stereocenters. The highest BCUT2D eigenvalue weighted by molar-refractivity contribution is 5.29. The van der Waals surface area contributed by atoms with E-state index in [1.165, 1.54) is 11.1 Å². The van der Waals surface area contributed by atoms with Crippen molar-refractivity contribution in [1.29, 1.82) is 0 Å². The summed E-state index contributed by atoms with van der Waals surface area (Å²) in [7, 11) is 1.94. The molecule has 0 heterocycles. The maximum atomic E-state index is 6.26. The van der Waals surface area contributed by atoms with Crippen LogP contribution in [0.4, 0.5) is 0 Å². The van der Waals surface area contributed by atoms with Gasteiger partial charge in [0.2, 0.25) is 0 Å². The number of hydrogen-bond donors (Lipinski definition) is 3. The molecule has 0 radical (unpaired) electrons. The Hall–Kier alpha value is -1.68. The summed E-state index contributed by atoms with van der Waals surface area (Å²) in [5.41, 5.74) is 10.0. The van der Waals surface area contributed by atoms with Crippen LogP contribution in [0.25, 0.3) is 0 Å². The van der Waals surface area contributed by atoms with Crippen molar-refractivity contribution >= 4 is 0 Å². The molecule has 0 fully saturated rings. The summed E-state index contributed by atoms with van der Waals surface area (Å²) >= 11 is 0. The average Bonchev–Trinajstić information content (AvgIpc) is 2.52. The normalized spacial score (nSPS) is 14.6. The van der Waals surface area contributed by atoms with Crippen LogP contribution in [0.5, 0.6) is 0 Å². The van der Waals surface area contributed by atoms with Crippen molar-refractivity contribution in [1.82, 2.24) is 10.6 Å². The van der Waals surface area contributed by atoms with Gasteiger partial charge in [0.1, 0.15) is 0 Å². The summed E-state index contributed by atoms with van der Waals surface area (Å²) in [4.78, 5) is 0. The predicted octanol–water partition coefficient (Wildman–Crippen LogP) is 3.45. The van der Waals surface area contributed by atoms with Crippen molar-refractivity contribution in [2.45, 2.75) is 38.5 Å². The Kier molecular flexibility index (Phi) is 5.35. The Morgan fingerprint density at radius 1 is 0.864 bits per heavy atom. The minimum Gasteiger partial charge on any atom is -0.312 e. The van der Waals surface area contributed by atoms with Crippen LogP contribution < -0.4 is 16.4 Å². The fourth-order valence-corrected chi connectivity index (χ4v) is 2.46. The van der Waals surface area contributed by atoms with E-state index in [4.69, 9.17) is 5.73 Å². The van der Waals surface area contributed by atoms with Gasteiger partial charge in [0.05, 0.1) is 12.3 Å². The fraction of sp³-hybridized carbons (Fsp3) is 0.368. The topological polar surface area (TPSA) is 50.1 Å². The van der Waals surface area contributed by atoms with Gasteiger partial charge >= 0.3 is 0 Å². The lowest BCUT2D eigenvalue weighted by Gasteiger charge is -2.25. The molecule has 2 aromatic rings. The van der Waals surface area contributed by atoms with Gasteiger partial charge in [-0.2, -0.15) is 0 Å². The second kappa shape index (κ2) is 7.05. The lowest BCUT2D eigenvalue weighted by Crippen LogP contribution is -2.38. The van der Waals surface area contributed by atoms with Gasteiger partial charge in [-0.1, -0.05) is 75.4 Å². The van der Waals surface area contributed by atoms with Crippen LogP contribution in [-0.4, -0.2) is 7.05 Å². The minimum atomic E-state index is -0.207. The average molecular weight is 297 g/mol. The van der Waals surface area contributed by atoms with Gasteiger partial charge in [0.25, 0.3) is 0 Å². The number of hydrogen-bond acceptors (Lipinski definition) is 3. The third kappa shape index (κ3) is 4.17. The molecule has 2 aromatic carbocycles. The summed E-state index contributed by atoms with van der Waals surface area (Å²) < 4.78 is 0. The number of benzene rings is 2. The largest absolute Gasteiger partial charge is 0.312 e. The van der Waals surface area contributed by atoms with Gasteiger partial charge in [-0.05, 0) is 29.2 Å². The molecule has 0 spiro atoms. The van der Waals surface area contributed by atoms with Gasteiger partial charge in [0, 0.05) is 0 Å². The third-order valence-electron chi connectivity index (χ3n) is 3.90. The van der Waals surface area contributed by atoms with E-state index in [2.05, 4.69) is 55.7 Å². The zero-order chi connectivity index (χ0) is 16.2. The van der Waals surface area contributed by atoms with E-state index in [1.807, 2.05) is 37.4 Å². The quantitative estimate of drug-likeness (QED) is 0.741. The Balaban J connectivity index is 2.11. The van der Waals surface area contributed by atoms with Crippen molar-refractivity contribution in [3.63, 3.8) is 0 Å². The van der Waals surface area contributed by atoms with E-state index in [0.717, 1.165) is 5.56 Å². The molecule has 2 atom stereocenters. The highest BCUT2D eigenvalue weighted by Gasteiger charge is 2.16. The molecule has 0 aliphatic rings.